The van der Waals surface area contributed by atoms with Crippen molar-refractivity contribution in [2.24, 2.45) is 5.92 Å². The summed E-state index contributed by atoms with van der Waals surface area (Å²) in [4.78, 5) is 0.440. The summed E-state index contributed by atoms with van der Waals surface area (Å²) in [5, 5.41) is 0. The normalized spacial score (nSPS) is 11.9. The molecular weight excluding hydrogens is 480 g/mol. The first kappa shape index (κ1) is 26.5. The largest absolute Gasteiger partial charge is 0.493 e. The van der Waals surface area contributed by atoms with Crippen molar-refractivity contribution in [1.29, 1.82) is 0 Å². The Balaban J connectivity index is 1.44. The number of aryl methyl sites for hydroxylation is 1. The molecule has 0 aliphatic carbocycles. The summed E-state index contributed by atoms with van der Waals surface area (Å²) in [6.07, 6.45) is 0. The van der Waals surface area contributed by atoms with Gasteiger partial charge in [0.2, 0.25) is 9.84 Å². The van der Waals surface area contributed by atoms with Gasteiger partial charge in [0.25, 0.3) is 0 Å². The average Bonchev–Trinajstić information content (AvgIpc) is 2.88. The molecule has 4 nitrogen and oxygen atoms in total. The van der Waals surface area contributed by atoms with E-state index in [1.54, 1.807) is 48.5 Å². The molecule has 4 rings (SSSR count). The molecule has 0 aliphatic heterocycles. The maximum atomic E-state index is 13.1. The predicted octanol–water partition coefficient (Wildman–Crippen LogP) is 7.98. The Labute approximate surface area is 220 Å². The van der Waals surface area contributed by atoms with Gasteiger partial charge in [-0.2, -0.15) is 0 Å². The molecule has 0 amide bonds. The molecule has 0 saturated heterocycles. The van der Waals surface area contributed by atoms with Crippen molar-refractivity contribution in [3.63, 3.8) is 0 Å². The quantitative estimate of drug-likeness (QED) is 0.227. The number of sulfone groups is 1. The van der Waals surface area contributed by atoms with E-state index >= 15 is 0 Å². The van der Waals surface area contributed by atoms with Crippen molar-refractivity contribution in [2.45, 2.75) is 49.8 Å². The molecule has 0 bridgehead atoms. The van der Waals surface area contributed by atoms with E-state index in [-0.39, 0.29) is 15.2 Å². The van der Waals surface area contributed by atoms with Gasteiger partial charge in [-0.15, -0.1) is 0 Å². The van der Waals surface area contributed by atoms with Gasteiger partial charge in [0.1, 0.15) is 17.2 Å². The van der Waals surface area contributed by atoms with Crippen molar-refractivity contribution in [3.8, 4) is 17.2 Å². The van der Waals surface area contributed by atoms with Gasteiger partial charge in [-0.05, 0) is 84.6 Å². The van der Waals surface area contributed by atoms with Crippen LogP contribution in [0, 0.1) is 12.8 Å². The first-order valence-corrected chi connectivity index (χ1v) is 14.0. The second-order valence-corrected chi connectivity index (χ2v) is 12.2. The van der Waals surface area contributed by atoms with E-state index in [0.29, 0.717) is 29.8 Å². The highest BCUT2D eigenvalue weighted by atomic mass is 32.2. The average molecular weight is 515 g/mol. The van der Waals surface area contributed by atoms with Crippen molar-refractivity contribution in [1.82, 2.24) is 0 Å². The third-order valence-electron chi connectivity index (χ3n) is 6.44. The lowest BCUT2D eigenvalue weighted by Crippen LogP contribution is -2.18. The lowest BCUT2D eigenvalue weighted by Gasteiger charge is -2.26. The van der Waals surface area contributed by atoms with E-state index in [4.69, 9.17) is 9.47 Å². The maximum absolute atomic E-state index is 13.1. The van der Waals surface area contributed by atoms with E-state index < -0.39 is 9.84 Å². The molecule has 0 N–H and O–H groups in total. The van der Waals surface area contributed by atoms with Crippen LogP contribution in [0.5, 0.6) is 17.2 Å². The van der Waals surface area contributed by atoms with E-state index in [1.165, 1.54) is 16.7 Å². The molecule has 0 unspecified atom stereocenters. The topological polar surface area (TPSA) is 52.6 Å². The number of hydrogen-bond acceptors (Lipinski definition) is 4. The standard InChI is InChI=1S/C32H34O4S/c1-23(2)22-35-27-14-18-30(19-15-27)37(33,34)31-20-16-29(17-21-31)36-28-12-10-26(11-13-28)32(4,5)25-8-6-24(3)7-9-25/h6-21,23H,22H2,1-5H3. The zero-order chi connectivity index (χ0) is 26.6. The minimum atomic E-state index is -3.64. The van der Waals surface area contributed by atoms with Crippen LogP contribution in [0.25, 0.3) is 0 Å². The van der Waals surface area contributed by atoms with Crippen LogP contribution >= 0.6 is 0 Å². The van der Waals surface area contributed by atoms with Gasteiger partial charge in [-0.25, -0.2) is 8.42 Å². The zero-order valence-electron chi connectivity index (χ0n) is 22.1. The molecule has 4 aromatic rings. The number of hydrogen-bond donors (Lipinski definition) is 0. The molecule has 0 aromatic heterocycles. The molecule has 0 radical (unpaired) electrons. The molecular formula is C32H34O4S. The van der Waals surface area contributed by atoms with Gasteiger partial charge < -0.3 is 9.47 Å². The lowest BCUT2D eigenvalue weighted by atomic mass is 9.78. The zero-order valence-corrected chi connectivity index (χ0v) is 22.9. The highest BCUT2D eigenvalue weighted by Crippen LogP contribution is 2.33. The molecule has 5 heteroatoms. The summed E-state index contributed by atoms with van der Waals surface area (Å²) < 4.78 is 37.8. The van der Waals surface area contributed by atoms with Crippen molar-refractivity contribution in [2.75, 3.05) is 6.61 Å². The number of benzene rings is 4. The first-order valence-electron chi connectivity index (χ1n) is 12.5. The van der Waals surface area contributed by atoms with Gasteiger partial charge >= 0.3 is 0 Å². The number of ether oxygens (including phenoxy) is 2. The Morgan fingerprint density at radius 1 is 0.649 bits per heavy atom. The fourth-order valence-electron chi connectivity index (χ4n) is 4.01. The second-order valence-electron chi connectivity index (χ2n) is 10.3. The minimum Gasteiger partial charge on any atom is -0.493 e. The summed E-state index contributed by atoms with van der Waals surface area (Å²) in [7, 11) is -3.64. The molecule has 0 heterocycles. The van der Waals surface area contributed by atoms with Gasteiger partial charge in [-0.1, -0.05) is 69.7 Å². The third kappa shape index (κ3) is 6.23. The van der Waals surface area contributed by atoms with Gasteiger partial charge in [-0.3, -0.25) is 0 Å². The summed E-state index contributed by atoms with van der Waals surface area (Å²) in [5.74, 6) is 2.32. The fraction of sp³-hybridized carbons (Fsp3) is 0.250. The smallest absolute Gasteiger partial charge is 0.206 e. The highest BCUT2D eigenvalue weighted by molar-refractivity contribution is 7.91. The Hall–Kier alpha value is -3.57. The second kappa shape index (κ2) is 10.8. The summed E-state index contributed by atoms with van der Waals surface area (Å²) in [5.41, 5.74) is 3.54. The summed E-state index contributed by atoms with van der Waals surface area (Å²) in [6, 6.07) is 29.7. The Bertz CT molecular complexity index is 1420. The van der Waals surface area contributed by atoms with Gasteiger partial charge in [0, 0.05) is 5.41 Å². The van der Waals surface area contributed by atoms with E-state index in [1.807, 2.05) is 12.1 Å². The first-order chi connectivity index (χ1) is 17.6. The molecule has 0 fully saturated rings. The Morgan fingerprint density at radius 2 is 1.05 bits per heavy atom. The van der Waals surface area contributed by atoms with Gasteiger partial charge in [0.05, 0.1) is 16.4 Å². The van der Waals surface area contributed by atoms with Gasteiger partial charge in [0.15, 0.2) is 0 Å². The van der Waals surface area contributed by atoms with Crippen LogP contribution in [0.15, 0.2) is 107 Å². The molecule has 0 spiro atoms. The molecule has 0 aliphatic rings. The SMILES string of the molecule is Cc1ccc(C(C)(C)c2ccc(Oc3ccc(S(=O)(=O)c4ccc(OCC(C)C)cc4)cc3)cc2)cc1. The molecule has 192 valence electrons. The van der Waals surface area contributed by atoms with Crippen molar-refractivity contribution in [3.05, 3.63) is 114 Å². The Morgan fingerprint density at radius 3 is 1.51 bits per heavy atom. The fourth-order valence-corrected chi connectivity index (χ4v) is 5.27. The van der Waals surface area contributed by atoms with Crippen LogP contribution < -0.4 is 9.47 Å². The highest BCUT2D eigenvalue weighted by Gasteiger charge is 2.23. The van der Waals surface area contributed by atoms with Crippen molar-refractivity contribution < 1.29 is 17.9 Å². The Kier molecular flexibility index (Phi) is 7.74. The summed E-state index contributed by atoms with van der Waals surface area (Å²) in [6.45, 7) is 11.2. The summed E-state index contributed by atoms with van der Waals surface area (Å²) >= 11 is 0. The maximum Gasteiger partial charge on any atom is 0.206 e. The van der Waals surface area contributed by atoms with Crippen LogP contribution in [-0.2, 0) is 15.3 Å². The molecule has 4 aromatic carbocycles. The van der Waals surface area contributed by atoms with Crippen LogP contribution in [0.1, 0.15) is 44.4 Å². The van der Waals surface area contributed by atoms with Crippen molar-refractivity contribution >= 4 is 9.84 Å². The predicted molar refractivity (Wildman–Crippen MR) is 148 cm³/mol. The van der Waals surface area contributed by atoms with Crippen LogP contribution in [0.3, 0.4) is 0 Å². The lowest BCUT2D eigenvalue weighted by molar-refractivity contribution is 0.271. The monoisotopic (exact) mass is 514 g/mol. The van der Waals surface area contributed by atoms with Crippen LogP contribution in [0.4, 0.5) is 0 Å². The number of rotatable bonds is 9. The van der Waals surface area contributed by atoms with E-state index in [9.17, 15) is 8.42 Å². The van der Waals surface area contributed by atoms with E-state index in [0.717, 1.165) is 0 Å². The minimum absolute atomic E-state index is 0.138. The van der Waals surface area contributed by atoms with Crippen LogP contribution in [0.2, 0.25) is 0 Å². The molecule has 0 saturated carbocycles. The third-order valence-corrected chi connectivity index (χ3v) is 8.22. The molecule has 37 heavy (non-hydrogen) atoms. The van der Waals surface area contributed by atoms with Crippen LogP contribution in [-0.4, -0.2) is 15.0 Å². The van der Waals surface area contributed by atoms with E-state index in [2.05, 4.69) is 71.0 Å². The molecule has 0 atom stereocenters.